The van der Waals surface area contributed by atoms with Crippen molar-refractivity contribution in [1.82, 2.24) is 39.6 Å². The maximum atomic E-state index is 4.63. The van der Waals surface area contributed by atoms with Crippen LogP contribution < -0.4 is 0 Å². The zero-order chi connectivity index (χ0) is 16.1. The lowest BCUT2D eigenvalue weighted by Crippen LogP contribution is -1.98. The topological polar surface area (TPSA) is 89.6 Å². The lowest BCUT2D eigenvalue weighted by Gasteiger charge is -2.01. The molecule has 8 nitrogen and oxygen atoms in total. The zero-order valence-corrected chi connectivity index (χ0v) is 14.3. The van der Waals surface area contributed by atoms with Gasteiger partial charge >= 0.3 is 0 Å². The predicted octanol–water partition coefficient (Wildman–Crippen LogP) is 2.46. The highest BCUT2D eigenvalue weighted by atomic mass is 127. The Hall–Kier alpha value is -2.82. The minimum atomic E-state index is 0.582. The monoisotopic (exact) mass is 428 g/mol. The van der Waals surface area contributed by atoms with E-state index in [4.69, 9.17) is 0 Å². The Bertz CT molecular complexity index is 1170. The summed E-state index contributed by atoms with van der Waals surface area (Å²) in [5, 5.41) is 16.7. The van der Waals surface area contributed by atoms with Crippen LogP contribution in [0.4, 0.5) is 0 Å². The van der Waals surface area contributed by atoms with E-state index in [-0.39, 0.29) is 0 Å². The molecule has 4 aromatic heterocycles. The van der Waals surface area contributed by atoms with Gasteiger partial charge in [0.05, 0.1) is 27.0 Å². The second kappa shape index (κ2) is 5.09. The first kappa shape index (κ1) is 13.6. The van der Waals surface area contributed by atoms with Crippen LogP contribution in [0.2, 0.25) is 0 Å². The van der Waals surface area contributed by atoms with Crippen LogP contribution in [0.1, 0.15) is 0 Å². The van der Waals surface area contributed by atoms with E-state index in [0.717, 1.165) is 26.0 Å². The molecule has 0 bridgehead atoms. The van der Waals surface area contributed by atoms with Crippen LogP contribution in [0.25, 0.3) is 33.9 Å². The summed E-state index contributed by atoms with van der Waals surface area (Å²) in [4.78, 5) is 9.13. The highest BCUT2D eigenvalue weighted by molar-refractivity contribution is 14.1. The lowest BCUT2D eigenvalue weighted by molar-refractivity contribution is 0.882. The normalized spacial score (nSPS) is 11.5. The quantitative estimate of drug-likeness (QED) is 0.437. The van der Waals surface area contributed by atoms with E-state index in [9.17, 15) is 0 Å². The number of halogens is 1. The number of nitrogens with zero attached hydrogens (tertiary/aromatic N) is 7. The fraction of sp³-hybridized carbons (Fsp3) is 0. The molecule has 1 N–H and O–H groups in total. The Morgan fingerprint density at radius 1 is 1.04 bits per heavy atom. The largest absolute Gasteiger partial charge is 0.273 e. The number of benzene rings is 1. The van der Waals surface area contributed by atoms with Gasteiger partial charge in [-0.2, -0.15) is 10.2 Å². The summed E-state index contributed by atoms with van der Waals surface area (Å²) in [6, 6.07) is 9.88. The van der Waals surface area contributed by atoms with E-state index in [2.05, 4.69) is 53.0 Å². The molecular weight excluding hydrogens is 419 g/mol. The van der Waals surface area contributed by atoms with Crippen LogP contribution in [-0.2, 0) is 0 Å². The fourth-order valence-corrected chi connectivity index (χ4v) is 3.11. The van der Waals surface area contributed by atoms with Gasteiger partial charge in [0.15, 0.2) is 11.3 Å². The number of aromatic nitrogens is 8. The summed E-state index contributed by atoms with van der Waals surface area (Å²) in [7, 11) is 0. The molecule has 9 heteroatoms. The summed E-state index contributed by atoms with van der Waals surface area (Å²) < 4.78 is 4.42. The van der Waals surface area contributed by atoms with Crippen molar-refractivity contribution in [3.05, 3.63) is 52.6 Å². The van der Waals surface area contributed by atoms with E-state index < -0.39 is 0 Å². The minimum absolute atomic E-state index is 0.582. The van der Waals surface area contributed by atoms with Crippen LogP contribution in [0.3, 0.4) is 0 Å². The summed E-state index contributed by atoms with van der Waals surface area (Å²) in [6.45, 7) is 0. The molecule has 0 amide bonds. The number of nitrogens with one attached hydrogen (secondary N) is 1. The number of aromatic amines is 1. The van der Waals surface area contributed by atoms with Gasteiger partial charge in [-0.3, -0.25) is 5.10 Å². The van der Waals surface area contributed by atoms with Gasteiger partial charge in [0.1, 0.15) is 12.0 Å². The molecule has 24 heavy (non-hydrogen) atoms. The Morgan fingerprint density at radius 2 is 1.92 bits per heavy atom. The molecule has 1 aromatic carbocycles. The third-order valence-electron chi connectivity index (χ3n) is 3.72. The second-order valence-corrected chi connectivity index (χ2v) is 6.33. The van der Waals surface area contributed by atoms with Gasteiger partial charge in [0, 0.05) is 0 Å². The summed E-state index contributed by atoms with van der Waals surface area (Å²) in [5.41, 5.74) is 3.20. The fourth-order valence-electron chi connectivity index (χ4n) is 2.61. The Labute approximate surface area is 148 Å². The molecule has 0 unspecified atom stereocenters. The Balaban J connectivity index is 1.75. The molecular formula is C15H9IN8. The third kappa shape index (κ3) is 1.94. The van der Waals surface area contributed by atoms with Crippen molar-refractivity contribution >= 4 is 39.3 Å². The molecule has 0 aliphatic rings. The first-order valence-corrected chi connectivity index (χ1v) is 8.23. The van der Waals surface area contributed by atoms with Gasteiger partial charge in [0.25, 0.3) is 0 Å². The molecule has 116 valence electrons. The minimum Gasteiger partial charge on any atom is -0.273 e. The number of rotatable bonds is 2. The van der Waals surface area contributed by atoms with Crippen molar-refractivity contribution in [1.29, 1.82) is 0 Å². The van der Waals surface area contributed by atoms with E-state index in [1.54, 1.807) is 27.9 Å². The first-order valence-electron chi connectivity index (χ1n) is 7.15. The molecule has 0 saturated heterocycles. The zero-order valence-electron chi connectivity index (χ0n) is 12.1. The molecule has 5 rings (SSSR count). The van der Waals surface area contributed by atoms with E-state index in [0.29, 0.717) is 11.5 Å². The average molecular weight is 428 g/mol. The van der Waals surface area contributed by atoms with Crippen LogP contribution >= 0.6 is 22.6 Å². The van der Waals surface area contributed by atoms with Gasteiger partial charge < -0.3 is 0 Å². The van der Waals surface area contributed by atoms with Gasteiger partial charge in [-0.05, 0) is 34.7 Å². The third-order valence-corrected chi connectivity index (χ3v) is 4.54. The van der Waals surface area contributed by atoms with Crippen molar-refractivity contribution in [3.63, 3.8) is 0 Å². The van der Waals surface area contributed by atoms with E-state index >= 15 is 0 Å². The number of H-pyrrole nitrogens is 1. The summed E-state index contributed by atoms with van der Waals surface area (Å²) in [5.74, 6) is 0.582. The Morgan fingerprint density at radius 3 is 2.71 bits per heavy atom. The molecule has 4 heterocycles. The number of hydrogen-bond donors (Lipinski definition) is 1. The number of hydrogen-bond acceptors (Lipinski definition) is 5. The maximum absolute atomic E-state index is 4.63. The van der Waals surface area contributed by atoms with Gasteiger partial charge in [-0.1, -0.05) is 18.2 Å². The summed E-state index contributed by atoms with van der Waals surface area (Å²) >= 11 is 2.20. The second-order valence-electron chi connectivity index (χ2n) is 5.17. The molecule has 0 atom stereocenters. The number of para-hydroxylation sites is 1. The van der Waals surface area contributed by atoms with Crippen molar-refractivity contribution in [3.8, 4) is 17.2 Å². The maximum Gasteiger partial charge on any atom is 0.201 e. The van der Waals surface area contributed by atoms with E-state index in [1.165, 1.54) is 0 Å². The van der Waals surface area contributed by atoms with Crippen molar-refractivity contribution < 1.29 is 0 Å². The van der Waals surface area contributed by atoms with Crippen LogP contribution in [0, 0.1) is 3.57 Å². The van der Waals surface area contributed by atoms with Crippen LogP contribution in [0.15, 0.2) is 49.1 Å². The molecule has 0 spiro atoms. The van der Waals surface area contributed by atoms with Crippen molar-refractivity contribution in [2.75, 3.05) is 0 Å². The van der Waals surface area contributed by atoms with Gasteiger partial charge in [-0.15, -0.1) is 5.10 Å². The average Bonchev–Trinajstić information content (AvgIpc) is 3.31. The Kier molecular flexibility index (Phi) is 2.89. The lowest BCUT2D eigenvalue weighted by atomic mass is 10.3. The molecule has 5 aromatic rings. The number of fused-ring (bicyclic) bond motifs is 3. The smallest absolute Gasteiger partial charge is 0.201 e. The van der Waals surface area contributed by atoms with Crippen LogP contribution in [0.5, 0.6) is 0 Å². The van der Waals surface area contributed by atoms with E-state index in [1.807, 2.05) is 30.3 Å². The SMILES string of the molecule is Ic1cn[nH]c1-c1nc2c3cnn(-c4ccccc4)c3ncn2n1. The molecule has 0 aliphatic carbocycles. The van der Waals surface area contributed by atoms with Crippen LogP contribution in [-0.4, -0.2) is 39.6 Å². The molecule has 0 saturated carbocycles. The van der Waals surface area contributed by atoms with Gasteiger partial charge in [0.2, 0.25) is 5.82 Å². The summed E-state index contributed by atoms with van der Waals surface area (Å²) in [6.07, 6.45) is 5.16. The highest BCUT2D eigenvalue weighted by Gasteiger charge is 2.16. The van der Waals surface area contributed by atoms with Crippen molar-refractivity contribution in [2.24, 2.45) is 0 Å². The molecule has 0 radical (unpaired) electrons. The standard InChI is InChI=1S/C15H9IN8/c16-11-7-18-21-12(11)13-20-15-10-6-19-24(9-4-2-1-3-5-9)14(10)17-8-23(15)22-13/h1-8H,(H,18,21). The van der Waals surface area contributed by atoms with Crippen molar-refractivity contribution in [2.45, 2.75) is 0 Å². The van der Waals surface area contributed by atoms with Gasteiger partial charge in [-0.25, -0.2) is 19.2 Å². The highest BCUT2D eigenvalue weighted by Crippen LogP contribution is 2.23. The predicted molar refractivity (Wildman–Crippen MR) is 95.7 cm³/mol. The molecule has 0 fully saturated rings. The first-order chi connectivity index (χ1) is 11.8. The molecule has 0 aliphatic heterocycles.